The van der Waals surface area contributed by atoms with E-state index in [2.05, 4.69) is 15.3 Å². The van der Waals surface area contributed by atoms with Gasteiger partial charge in [0.2, 0.25) is 5.88 Å². The highest BCUT2D eigenvalue weighted by atomic mass is 16.5. The van der Waals surface area contributed by atoms with Crippen LogP contribution in [-0.4, -0.2) is 30.7 Å². The van der Waals surface area contributed by atoms with E-state index in [0.717, 1.165) is 12.2 Å². The summed E-state index contributed by atoms with van der Waals surface area (Å²) in [5, 5.41) is 3.31. The molecule has 2 rings (SSSR count). The first-order valence-corrected chi connectivity index (χ1v) is 6.86. The second-order valence-corrected chi connectivity index (χ2v) is 5.01. The fourth-order valence-corrected chi connectivity index (χ4v) is 3.00. The standard InChI is InChI=1S/C14H23N3O/c1-15-10-11-6-4-3-5-7-12(11)13-14(18-2)17-9-8-16-13/h8-9,11-12,15H,3-7,10H2,1-2H3. The number of methoxy groups -OCH3 is 1. The van der Waals surface area contributed by atoms with Crippen LogP contribution >= 0.6 is 0 Å². The summed E-state index contributed by atoms with van der Waals surface area (Å²) in [5.74, 6) is 1.82. The lowest BCUT2D eigenvalue weighted by Gasteiger charge is -2.25. The molecule has 2 atom stereocenters. The molecular weight excluding hydrogens is 226 g/mol. The molecule has 1 aromatic rings. The Morgan fingerprint density at radius 3 is 2.78 bits per heavy atom. The van der Waals surface area contributed by atoms with Crippen LogP contribution in [0.4, 0.5) is 0 Å². The summed E-state index contributed by atoms with van der Waals surface area (Å²) in [4.78, 5) is 8.82. The van der Waals surface area contributed by atoms with Gasteiger partial charge < -0.3 is 10.1 Å². The average molecular weight is 249 g/mol. The summed E-state index contributed by atoms with van der Waals surface area (Å²) < 4.78 is 5.37. The van der Waals surface area contributed by atoms with Gasteiger partial charge in [-0.3, -0.25) is 4.98 Å². The fourth-order valence-electron chi connectivity index (χ4n) is 3.00. The first-order valence-electron chi connectivity index (χ1n) is 6.86. The number of ether oxygens (including phenoxy) is 1. The highest BCUT2D eigenvalue weighted by molar-refractivity contribution is 5.23. The van der Waals surface area contributed by atoms with E-state index >= 15 is 0 Å². The molecule has 1 aliphatic rings. The molecular formula is C14H23N3O. The van der Waals surface area contributed by atoms with Crippen molar-refractivity contribution < 1.29 is 4.74 Å². The summed E-state index contributed by atoms with van der Waals surface area (Å²) in [6, 6.07) is 0. The van der Waals surface area contributed by atoms with Gasteiger partial charge in [0, 0.05) is 18.3 Å². The van der Waals surface area contributed by atoms with Gasteiger partial charge in [0.25, 0.3) is 0 Å². The lowest BCUT2D eigenvalue weighted by atomic mass is 9.85. The van der Waals surface area contributed by atoms with Crippen LogP contribution in [0.15, 0.2) is 12.4 Å². The molecule has 0 saturated heterocycles. The van der Waals surface area contributed by atoms with Crippen LogP contribution in [0, 0.1) is 5.92 Å². The van der Waals surface area contributed by atoms with Crippen molar-refractivity contribution in [2.45, 2.75) is 38.0 Å². The quantitative estimate of drug-likeness (QED) is 0.832. The third kappa shape index (κ3) is 2.99. The van der Waals surface area contributed by atoms with E-state index in [1.165, 1.54) is 32.1 Å². The summed E-state index contributed by atoms with van der Waals surface area (Å²) in [5.41, 5.74) is 1.04. The van der Waals surface area contributed by atoms with Gasteiger partial charge in [-0.2, -0.15) is 0 Å². The first-order chi connectivity index (χ1) is 8.86. The van der Waals surface area contributed by atoms with Crippen molar-refractivity contribution in [3.8, 4) is 5.88 Å². The molecule has 100 valence electrons. The van der Waals surface area contributed by atoms with Gasteiger partial charge in [0.15, 0.2) is 0 Å². The highest BCUT2D eigenvalue weighted by Gasteiger charge is 2.28. The number of hydrogen-bond donors (Lipinski definition) is 1. The van der Waals surface area contributed by atoms with Gasteiger partial charge in [-0.15, -0.1) is 0 Å². The fraction of sp³-hybridized carbons (Fsp3) is 0.714. The molecule has 1 N–H and O–H groups in total. The van der Waals surface area contributed by atoms with Gasteiger partial charge in [0.05, 0.1) is 7.11 Å². The van der Waals surface area contributed by atoms with Crippen LogP contribution in [-0.2, 0) is 0 Å². The minimum absolute atomic E-state index is 0.476. The highest BCUT2D eigenvalue weighted by Crippen LogP contribution is 2.38. The molecule has 4 nitrogen and oxygen atoms in total. The van der Waals surface area contributed by atoms with Crippen LogP contribution in [0.1, 0.15) is 43.7 Å². The normalized spacial score (nSPS) is 24.6. The molecule has 1 fully saturated rings. The van der Waals surface area contributed by atoms with Crippen molar-refractivity contribution in [2.75, 3.05) is 20.7 Å². The Bertz CT molecular complexity index is 370. The summed E-state index contributed by atoms with van der Waals surface area (Å²) in [7, 11) is 3.70. The predicted octanol–water partition coefficient (Wildman–Crippen LogP) is 2.37. The zero-order valence-corrected chi connectivity index (χ0v) is 11.4. The molecule has 2 unspecified atom stereocenters. The lowest BCUT2D eigenvalue weighted by molar-refractivity contribution is 0.344. The molecule has 0 radical (unpaired) electrons. The van der Waals surface area contributed by atoms with E-state index in [1.807, 2.05) is 7.05 Å². The Labute approximate surface area is 109 Å². The minimum Gasteiger partial charge on any atom is -0.480 e. The second-order valence-electron chi connectivity index (χ2n) is 5.01. The van der Waals surface area contributed by atoms with Crippen molar-refractivity contribution >= 4 is 0 Å². The minimum atomic E-state index is 0.476. The number of nitrogens with zero attached hydrogens (tertiary/aromatic N) is 2. The maximum absolute atomic E-state index is 5.37. The number of nitrogens with one attached hydrogen (secondary N) is 1. The van der Waals surface area contributed by atoms with E-state index in [4.69, 9.17) is 4.74 Å². The lowest BCUT2D eigenvalue weighted by Crippen LogP contribution is -2.25. The maximum Gasteiger partial charge on any atom is 0.235 e. The third-order valence-electron chi connectivity index (χ3n) is 3.86. The molecule has 1 aliphatic carbocycles. The Morgan fingerprint density at radius 2 is 2.00 bits per heavy atom. The van der Waals surface area contributed by atoms with Gasteiger partial charge in [-0.25, -0.2) is 4.98 Å². The van der Waals surface area contributed by atoms with E-state index < -0.39 is 0 Å². The van der Waals surface area contributed by atoms with E-state index in [-0.39, 0.29) is 0 Å². The Balaban J connectivity index is 2.25. The largest absolute Gasteiger partial charge is 0.480 e. The summed E-state index contributed by atoms with van der Waals surface area (Å²) >= 11 is 0. The van der Waals surface area contributed by atoms with Gasteiger partial charge in [-0.05, 0) is 32.4 Å². The topological polar surface area (TPSA) is 47.0 Å². The van der Waals surface area contributed by atoms with Crippen LogP contribution < -0.4 is 10.1 Å². The van der Waals surface area contributed by atoms with Crippen molar-refractivity contribution in [1.82, 2.24) is 15.3 Å². The molecule has 1 aromatic heterocycles. The van der Waals surface area contributed by atoms with Gasteiger partial charge >= 0.3 is 0 Å². The van der Waals surface area contributed by atoms with Gasteiger partial charge in [-0.1, -0.05) is 19.3 Å². The van der Waals surface area contributed by atoms with Crippen LogP contribution in [0.2, 0.25) is 0 Å². The predicted molar refractivity (Wildman–Crippen MR) is 71.8 cm³/mol. The summed E-state index contributed by atoms with van der Waals surface area (Å²) in [6.45, 7) is 1.05. The number of rotatable bonds is 4. The Kier molecular flexibility index (Phi) is 4.93. The molecule has 0 amide bonds. The van der Waals surface area contributed by atoms with Crippen molar-refractivity contribution in [1.29, 1.82) is 0 Å². The molecule has 0 aromatic carbocycles. The molecule has 0 aliphatic heterocycles. The SMILES string of the molecule is CNCC1CCCCCC1c1nccnc1OC. The van der Waals surface area contributed by atoms with E-state index in [9.17, 15) is 0 Å². The molecule has 4 heteroatoms. The van der Waals surface area contributed by atoms with E-state index in [0.29, 0.717) is 17.7 Å². The molecule has 1 saturated carbocycles. The Hall–Kier alpha value is -1.16. The first kappa shape index (κ1) is 13.3. The smallest absolute Gasteiger partial charge is 0.235 e. The summed E-state index contributed by atoms with van der Waals surface area (Å²) in [6.07, 6.45) is 9.88. The van der Waals surface area contributed by atoms with Crippen molar-refractivity contribution in [3.63, 3.8) is 0 Å². The van der Waals surface area contributed by atoms with Gasteiger partial charge in [0.1, 0.15) is 5.69 Å². The Morgan fingerprint density at radius 1 is 1.22 bits per heavy atom. The van der Waals surface area contributed by atoms with Crippen LogP contribution in [0.5, 0.6) is 5.88 Å². The number of hydrogen-bond acceptors (Lipinski definition) is 4. The third-order valence-corrected chi connectivity index (χ3v) is 3.86. The second kappa shape index (κ2) is 6.69. The molecule has 0 spiro atoms. The number of aromatic nitrogens is 2. The zero-order chi connectivity index (χ0) is 12.8. The van der Waals surface area contributed by atoms with Crippen LogP contribution in [0.3, 0.4) is 0 Å². The van der Waals surface area contributed by atoms with Crippen LogP contribution in [0.25, 0.3) is 0 Å². The van der Waals surface area contributed by atoms with Crippen molar-refractivity contribution in [3.05, 3.63) is 18.1 Å². The average Bonchev–Trinajstić information content (AvgIpc) is 2.65. The molecule has 18 heavy (non-hydrogen) atoms. The van der Waals surface area contributed by atoms with Crippen molar-refractivity contribution in [2.24, 2.45) is 5.92 Å². The zero-order valence-electron chi connectivity index (χ0n) is 11.4. The van der Waals surface area contributed by atoms with E-state index in [1.54, 1.807) is 19.5 Å². The molecule has 1 heterocycles. The maximum atomic E-state index is 5.37. The molecule has 0 bridgehead atoms. The monoisotopic (exact) mass is 249 g/mol.